The van der Waals surface area contributed by atoms with Gasteiger partial charge in [0.15, 0.2) is 0 Å². The van der Waals surface area contributed by atoms with Crippen LogP contribution in [0.1, 0.15) is 29.7 Å². The largest absolute Gasteiger partial charge is 0.372 e. The van der Waals surface area contributed by atoms with Gasteiger partial charge in [-0.2, -0.15) is 4.98 Å². The molecule has 2 aliphatic rings. The fraction of sp³-hybridized carbons (Fsp3) is 0.333. The van der Waals surface area contributed by atoms with Gasteiger partial charge >= 0.3 is 0 Å². The minimum Gasteiger partial charge on any atom is -0.372 e. The van der Waals surface area contributed by atoms with Crippen LogP contribution in [0, 0.1) is 6.92 Å². The van der Waals surface area contributed by atoms with Gasteiger partial charge in [-0.15, -0.1) is 0 Å². The predicted molar refractivity (Wildman–Crippen MR) is 119 cm³/mol. The van der Waals surface area contributed by atoms with Crippen molar-refractivity contribution in [3.05, 3.63) is 71.4 Å². The molecule has 29 heavy (non-hydrogen) atoms. The molecule has 3 heterocycles. The third kappa shape index (κ3) is 3.90. The minimum absolute atomic E-state index is 0.660. The van der Waals surface area contributed by atoms with Gasteiger partial charge in [-0.1, -0.05) is 24.3 Å². The van der Waals surface area contributed by atoms with Crippen LogP contribution in [-0.2, 0) is 13.0 Å². The van der Waals surface area contributed by atoms with E-state index in [0.29, 0.717) is 5.95 Å². The Morgan fingerprint density at radius 3 is 2.38 bits per heavy atom. The summed E-state index contributed by atoms with van der Waals surface area (Å²) in [5.74, 6) is 1.65. The number of benzene rings is 2. The fourth-order valence-electron chi connectivity index (χ4n) is 4.32. The molecule has 2 aromatic carbocycles. The molecule has 0 bridgehead atoms. The van der Waals surface area contributed by atoms with Crippen LogP contribution in [0.15, 0.2) is 54.6 Å². The lowest BCUT2D eigenvalue weighted by atomic mass is 10.00. The molecule has 2 aliphatic heterocycles. The molecule has 0 spiro atoms. The predicted octanol–water partition coefficient (Wildman–Crippen LogP) is 4.69. The van der Waals surface area contributed by atoms with Crippen LogP contribution in [0.3, 0.4) is 0 Å². The highest BCUT2D eigenvalue weighted by molar-refractivity contribution is 5.60. The standard InChI is InChI=1S/C24H27N5/c1-18-16-23(29-15-12-19-6-2-3-7-20(19)17-29)27-24(25-18)26-21-8-10-22(11-9-21)28-13-4-5-14-28/h2-3,6-11,16H,4-5,12-15,17H2,1H3,(H,25,26,27). The summed E-state index contributed by atoms with van der Waals surface area (Å²) in [6.07, 6.45) is 3.64. The number of aromatic nitrogens is 2. The van der Waals surface area contributed by atoms with Gasteiger partial charge in [0, 0.05) is 49.3 Å². The lowest BCUT2D eigenvalue weighted by molar-refractivity contribution is 0.719. The lowest BCUT2D eigenvalue weighted by Crippen LogP contribution is -2.31. The van der Waals surface area contributed by atoms with Gasteiger partial charge in [0.1, 0.15) is 5.82 Å². The van der Waals surface area contributed by atoms with Crippen molar-refractivity contribution < 1.29 is 0 Å². The van der Waals surface area contributed by atoms with E-state index in [9.17, 15) is 0 Å². The van der Waals surface area contributed by atoms with Gasteiger partial charge in [-0.3, -0.25) is 0 Å². The molecule has 148 valence electrons. The van der Waals surface area contributed by atoms with Gasteiger partial charge in [-0.05, 0) is 61.6 Å². The summed E-state index contributed by atoms with van der Waals surface area (Å²) in [6.45, 7) is 6.24. The Labute approximate surface area is 172 Å². The topological polar surface area (TPSA) is 44.3 Å². The van der Waals surface area contributed by atoms with E-state index in [4.69, 9.17) is 4.98 Å². The van der Waals surface area contributed by atoms with Crippen LogP contribution in [0.5, 0.6) is 0 Å². The van der Waals surface area contributed by atoms with Crippen molar-refractivity contribution in [2.45, 2.75) is 32.7 Å². The van der Waals surface area contributed by atoms with Crippen molar-refractivity contribution in [2.24, 2.45) is 0 Å². The maximum Gasteiger partial charge on any atom is 0.229 e. The number of aryl methyl sites for hydroxylation is 1. The Kier molecular flexibility index (Phi) is 4.80. The summed E-state index contributed by atoms with van der Waals surface area (Å²) < 4.78 is 0. The highest BCUT2D eigenvalue weighted by atomic mass is 15.2. The highest BCUT2D eigenvalue weighted by Crippen LogP contribution is 2.26. The Morgan fingerprint density at radius 2 is 1.59 bits per heavy atom. The number of fused-ring (bicyclic) bond motifs is 1. The average molecular weight is 386 g/mol. The van der Waals surface area contributed by atoms with Crippen LogP contribution in [0.2, 0.25) is 0 Å². The molecule has 1 fully saturated rings. The number of nitrogens with zero attached hydrogens (tertiary/aromatic N) is 4. The van der Waals surface area contributed by atoms with Gasteiger partial charge in [0.25, 0.3) is 0 Å². The van der Waals surface area contributed by atoms with Crippen LogP contribution in [-0.4, -0.2) is 29.6 Å². The molecule has 5 rings (SSSR count). The zero-order valence-electron chi connectivity index (χ0n) is 16.9. The van der Waals surface area contributed by atoms with E-state index in [2.05, 4.69) is 74.7 Å². The van der Waals surface area contributed by atoms with Crippen molar-refractivity contribution >= 4 is 23.1 Å². The van der Waals surface area contributed by atoms with E-state index in [1.807, 2.05) is 6.92 Å². The fourth-order valence-corrected chi connectivity index (χ4v) is 4.32. The number of hydrogen-bond acceptors (Lipinski definition) is 5. The number of nitrogens with one attached hydrogen (secondary N) is 1. The second-order valence-corrected chi connectivity index (χ2v) is 8.00. The summed E-state index contributed by atoms with van der Waals surface area (Å²) in [5.41, 5.74) is 6.14. The van der Waals surface area contributed by atoms with Gasteiger partial charge in [0.05, 0.1) is 0 Å². The summed E-state index contributed by atoms with van der Waals surface area (Å²) in [4.78, 5) is 14.2. The SMILES string of the molecule is Cc1cc(N2CCc3ccccc3C2)nc(Nc2ccc(N3CCCC3)cc2)n1. The summed E-state index contributed by atoms with van der Waals surface area (Å²) >= 11 is 0. The molecule has 3 aromatic rings. The molecule has 5 nitrogen and oxygen atoms in total. The van der Waals surface area contributed by atoms with Crippen LogP contribution >= 0.6 is 0 Å². The van der Waals surface area contributed by atoms with Crippen molar-refractivity contribution in [1.82, 2.24) is 9.97 Å². The Morgan fingerprint density at radius 1 is 0.828 bits per heavy atom. The van der Waals surface area contributed by atoms with E-state index >= 15 is 0 Å². The first-order valence-electron chi connectivity index (χ1n) is 10.5. The third-order valence-electron chi connectivity index (χ3n) is 5.89. The van der Waals surface area contributed by atoms with E-state index in [1.165, 1.54) is 29.7 Å². The number of hydrogen-bond donors (Lipinski definition) is 1. The summed E-state index contributed by atoms with van der Waals surface area (Å²) in [6, 6.07) is 19.4. The molecule has 1 N–H and O–H groups in total. The smallest absolute Gasteiger partial charge is 0.229 e. The molecular formula is C24H27N5. The maximum absolute atomic E-state index is 4.82. The molecule has 1 aromatic heterocycles. The van der Waals surface area contributed by atoms with Crippen molar-refractivity contribution in [1.29, 1.82) is 0 Å². The van der Waals surface area contributed by atoms with Crippen molar-refractivity contribution in [3.63, 3.8) is 0 Å². The summed E-state index contributed by atoms with van der Waals surface area (Å²) in [7, 11) is 0. The van der Waals surface area contributed by atoms with E-state index in [-0.39, 0.29) is 0 Å². The quantitative estimate of drug-likeness (QED) is 0.706. The zero-order chi connectivity index (χ0) is 19.6. The minimum atomic E-state index is 0.660. The first-order chi connectivity index (χ1) is 14.2. The van der Waals surface area contributed by atoms with Crippen molar-refractivity contribution in [2.75, 3.05) is 34.8 Å². The maximum atomic E-state index is 4.82. The average Bonchev–Trinajstić information content (AvgIpc) is 3.28. The molecule has 0 atom stereocenters. The molecule has 0 saturated carbocycles. The lowest BCUT2D eigenvalue weighted by Gasteiger charge is -2.30. The van der Waals surface area contributed by atoms with Gasteiger partial charge in [0.2, 0.25) is 5.95 Å². The second-order valence-electron chi connectivity index (χ2n) is 8.00. The summed E-state index contributed by atoms with van der Waals surface area (Å²) in [5, 5.41) is 3.39. The zero-order valence-corrected chi connectivity index (χ0v) is 16.9. The Bertz CT molecular complexity index is 992. The van der Waals surface area contributed by atoms with Crippen LogP contribution in [0.4, 0.5) is 23.1 Å². The molecule has 0 amide bonds. The normalized spacial score (nSPS) is 16.0. The second kappa shape index (κ2) is 7.74. The number of rotatable bonds is 4. The number of anilines is 4. The van der Waals surface area contributed by atoms with E-state index in [1.54, 1.807) is 0 Å². The molecule has 0 radical (unpaired) electrons. The molecule has 0 unspecified atom stereocenters. The third-order valence-corrected chi connectivity index (χ3v) is 5.89. The van der Waals surface area contributed by atoms with Gasteiger partial charge < -0.3 is 15.1 Å². The Balaban J connectivity index is 1.33. The first kappa shape index (κ1) is 18.0. The Hall–Kier alpha value is -3.08. The van der Waals surface area contributed by atoms with Crippen LogP contribution in [0.25, 0.3) is 0 Å². The molecule has 1 saturated heterocycles. The van der Waals surface area contributed by atoms with Crippen molar-refractivity contribution in [3.8, 4) is 0 Å². The first-order valence-corrected chi connectivity index (χ1v) is 10.5. The molecular weight excluding hydrogens is 358 g/mol. The van der Waals surface area contributed by atoms with Crippen LogP contribution < -0.4 is 15.1 Å². The highest BCUT2D eigenvalue weighted by Gasteiger charge is 2.18. The molecule has 0 aliphatic carbocycles. The molecule has 5 heteroatoms. The van der Waals surface area contributed by atoms with E-state index < -0.39 is 0 Å². The van der Waals surface area contributed by atoms with E-state index in [0.717, 1.165) is 49.8 Å². The van der Waals surface area contributed by atoms with Gasteiger partial charge in [-0.25, -0.2) is 4.98 Å². The monoisotopic (exact) mass is 385 g/mol.